The second-order valence-electron chi connectivity index (χ2n) is 4.28. The molecule has 0 aliphatic rings. The van der Waals surface area contributed by atoms with Crippen LogP contribution in [0.5, 0.6) is 0 Å². The number of halogens is 1. The van der Waals surface area contributed by atoms with Gasteiger partial charge in [0.1, 0.15) is 5.58 Å². The predicted octanol–water partition coefficient (Wildman–Crippen LogP) is 3.55. The van der Waals surface area contributed by atoms with Crippen molar-refractivity contribution in [2.75, 3.05) is 6.54 Å². The van der Waals surface area contributed by atoms with E-state index in [2.05, 4.69) is 12.2 Å². The fraction of sp³-hybridized carbons (Fsp3) is 0.357. The Bertz CT molecular complexity index is 548. The Balaban J connectivity index is 2.07. The first-order chi connectivity index (χ1) is 8.70. The van der Waals surface area contributed by atoms with Crippen molar-refractivity contribution in [3.8, 4) is 0 Å². The van der Waals surface area contributed by atoms with Gasteiger partial charge in [-0.05, 0) is 24.6 Å². The highest BCUT2D eigenvalue weighted by molar-refractivity contribution is 6.31. The quantitative estimate of drug-likeness (QED) is 0.840. The summed E-state index contributed by atoms with van der Waals surface area (Å²) in [5.41, 5.74) is 1.64. The molecule has 1 aromatic carbocycles. The molecular formula is C14H16ClNO2. The predicted molar refractivity (Wildman–Crippen MR) is 72.8 cm³/mol. The van der Waals surface area contributed by atoms with Crippen molar-refractivity contribution >= 4 is 28.5 Å². The van der Waals surface area contributed by atoms with Crippen LogP contribution in [0.2, 0.25) is 5.02 Å². The Kier molecular flexibility index (Phi) is 4.26. The van der Waals surface area contributed by atoms with E-state index < -0.39 is 0 Å². The van der Waals surface area contributed by atoms with Crippen molar-refractivity contribution in [1.82, 2.24) is 5.32 Å². The van der Waals surface area contributed by atoms with Crippen LogP contribution in [-0.2, 0) is 11.2 Å². The topological polar surface area (TPSA) is 42.2 Å². The van der Waals surface area contributed by atoms with E-state index in [0.29, 0.717) is 11.4 Å². The van der Waals surface area contributed by atoms with E-state index in [-0.39, 0.29) is 5.91 Å². The minimum atomic E-state index is 0.0196. The molecule has 1 heterocycles. The molecule has 4 heteroatoms. The average molecular weight is 266 g/mol. The Labute approximate surface area is 111 Å². The fourth-order valence-corrected chi connectivity index (χ4v) is 2.00. The number of fused-ring (bicyclic) bond motifs is 1. The third-order valence-electron chi connectivity index (χ3n) is 2.82. The lowest BCUT2D eigenvalue weighted by atomic mass is 10.1. The van der Waals surface area contributed by atoms with Gasteiger partial charge in [-0.2, -0.15) is 0 Å². The third-order valence-corrected chi connectivity index (χ3v) is 3.05. The van der Waals surface area contributed by atoms with Crippen LogP contribution in [0.1, 0.15) is 25.3 Å². The van der Waals surface area contributed by atoms with Gasteiger partial charge in [0, 0.05) is 22.5 Å². The maximum atomic E-state index is 11.7. The minimum absolute atomic E-state index is 0.0196. The number of unbranched alkanes of at least 4 members (excludes halogenated alkanes) is 1. The van der Waals surface area contributed by atoms with Crippen LogP contribution in [0.25, 0.3) is 11.0 Å². The highest BCUT2D eigenvalue weighted by Gasteiger charge is 2.10. The lowest BCUT2D eigenvalue weighted by Crippen LogP contribution is -2.25. The highest BCUT2D eigenvalue weighted by Crippen LogP contribution is 2.24. The number of hydrogen-bond donors (Lipinski definition) is 1. The van der Waals surface area contributed by atoms with E-state index in [1.807, 2.05) is 12.1 Å². The van der Waals surface area contributed by atoms with Crippen LogP contribution in [0.15, 0.2) is 28.9 Å². The summed E-state index contributed by atoms with van der Waals surface area (Å²) in [5.74, 6) is 0.0196. The number of furan rings is 1. The van der Waals surface area contributed by atoms with Gasteiger partial charge in [-0.25, -0.2) is 0 Å². The second kappa shape index (κ2) is 5.91. The molecule has 2 rings (SSSR count). The van der Waals surface area contributed by atoms with Gasteiger partial charge in [0.2, 0.25) is 5.91 Å². The molecule has 3 nitrogen and oxygen atoms in total. The number of rotatable bonds is 5. The van der Waals surface area contributed by atoms with Crippen LogP contribution in [0, 0.1) is 0 Å². The van der Waals surface area contributed by atoms with Crippen molar-refractivity contribution < 1.29 is 9.21 Å². The SMILES string of the molecule is CCCCNC(=O)Cc1coc2ccc(Cl)cc12. The molecule has 0 atom stereocenters. The summed E-state index contributed by atoms with van der Waals surface area (Å²) in [4.78, 5) is 11.7. The molecule has 0 saturated heterocycles. The molecule has 1 amide bonds. The second-order valence-corrected chi connectivity index (χ2v) is 4.72. The monoisotopic (exact) mass is 265 g/mol. The molecule has 1 aromatic heterocycles. The Morgan fingerprint density at radius 2 is 2.28 bits per heavy atom. The zero-order valence-corrected chi connectivity index (χ0v) is 11.1. The third kappa shape index (κ3) is 3.05. The van der Waals surface area contributed by atoms with Crippen LogP contribution >= 0.6 is 11.6 Å². The first-order valence-corrected chi connectivity index (χ1v) is 6.51. The average Bonchev–Trinajstić information content (AvgIpc) is 2.72. The van der Waals surface area contributed by atoms with Crippen LogP contribution in [0.3, 0.4) is 0 Å². The Morgan fingerprint density at radius 3 is 3.06 bits per heavy atom. The standard InChI is InChI=1S/C14H16ClNO2/c1-2-3-6-16-14(17)7-10-9-18-13-5-4-11(15)8-12(10)13/h4-5,8-9H,2-3,6-7H2,1H3,(H,16,17). The minimum Gasteiger partial charge on any atom is -0.464 e. The maximum absolute atomic E-state index is 11.7. The molecule has 1 N–H and O–H groups in total. The van der Waals surface area contributed by atoms with Crippen LogP contribution in [0.4, 0.5) is 0 Å². The smallest absolute Gasteiger partial charge is 0.224 e. The number of amides is 1. The molecule has 96 valence electrons. The zero-order chi connectivity index (χ0) is 13.0. The van der Waals surface area contributed by atoms with Gasteiger partial charge < -0.3 is 9.73 Å². The largest absolute Gasteiger partial charge is 0.464 e. The molecule has 0 aliphatic heterocycles. The van der Waals surface area contributed by atoms with Crippen molar-refractivity contribution in [2.45, 2.75) is 26.2 Å². The van der Waals surface area contributed by atoms with E-state index in [1.165, 1.54) is 0 Å². The summed E-state index contributed by atoms with van der Waals surface area (Å²) in [6.07, 6.45) is 4.03. The number of nitrogens with one attached hydrogen (secondary N) is 1. The van der Waals surface area contributed by atoms with E-state index in [4.69, 9.17) is 16.0 Å². The highest BCUT2D eigenvalue weighted by atomic mass is 35.5. The van der Waals surface area contributed by atoms with Crippen LogP contribution in [-0.4, -0.2) is 12.5 Å². The summed E-state index contributed by atoms with van der Waals surface area (Å²) in [5, 5.41) is 4.45. The molecule has 0 bridgehead atoms. The molecule has 18 heavy (non-hydrogen) atoms. The normalized spacial score (nSPS) is 10.8. The Hall–Kier alpha value is -1.48. The molecule has 0 aliphatic carbocycles. The van der Waals surface area contributed by atoms with Crippen LogP contribution < -0.4 is 5.32 Å². The Morgan fingerprint density at radius 1 is 1.44 bits per heavy atom. The summed E-state index contributed by atoms with van der Waals surface area (Å²) in [6.45, 7) is 2.82. The number of benzene rings is 1. The molecule has 2 aromatic rings. The number of carbonyl (C=O) groups excluding carboxylic acids is 1. The lowest BCUT2D eigenvalue weighted by molar-refractivity contribution is -0.120. The number of hydrogen-bond acceptors (Lipinski definition) is 2. The van der Waals surface area contributed by atoms with E-state index in [0.717, 1.165) is 35.9 Å². The first kappa shape index (κ1) is 13.0. The maximum Gasteiger partial charge on any atom is 0.224 e. The van der Waals surface area contributed by atoms with E-state index in [9.17, 15) is 4.79 Å². The van der Waals surface area contributed by atoms with Gasteiger partial charge in [0.05, 0.1) is 12.7 Å². The van der Waals surface area contributed by atoms with Crippen molar-refractivity contribution in [2.24, 2.45) is 0 Å². The van der Waals surface area contributed by atoms with Crippen molar-refractivity contribution in [3.05, 3.63) is 35.0 Å². The summed E-state index contributed by atoms with van der Waals surface area (Å²) in [7, 11) is 0. The van der Waals surface area contributed by atoms with Gasteiger partial charge >= 0.3 is 0 Å². The first-order valence-electron chi connectivity index (χ1n) is 6.13. The molecule has 0 saturated carbocycles. The van der Waals surface area contributed by atoms with E-state index in [1.54, 1.807) is 12.3 Å². The van der Waals surface area contributed by atoms with Gasteiger partial charge in [0.15, 0.2) is 0 Å². The van der Waals surface area contributed by atoms with Crippen molar-refractivity contribution in [3.63, 3.8) is 0 Å². The summed E-state index contributed by atoms with van der Waals surface area (Å²) >= 11 is 5.94. The molecule has 0 unspecified atom stereocenters. The molecule has 0 spiro atoms. The fourth-order valence-electron chi connectivity index (χ4n) is 1.83. The number of carbonyl (C=O) groups is 1. The van der Waals surface area contributed by atoms with Gasteiger partial charge in [-0.1, -0.05) is 24.9 Å². The van der Waals surface area contributed by atoms with E-state index >= 15 is 0 Å². The van der Waals surface area contributed by atoms with Gasteiger partial charge in [-0.15, -0.1) is 0 Å². The summed E-state index contributed by atoms with van der Waals surface area (Å²) in [6, 6.07) is 5.42. The zero-order valence-electron chi connectivity index (χ0n) is 10.3. The molecular weight excluding hydrogens is 250 g/mol. The van der Waals surface area contributed by atoms with Gasteiger partial charge in [-0.3, -0.25) is 4.79 Å². The van der Waals surface area contributed by atoms with Crippen molar-refractivity contribution in [1.29, 1.82) is 0 Å². The molecule has 0 radical (unpaired) electrons. The lowest BCUT2D eigenvalue weighted by Gasteiger charge is -2.02. The summed E-state index contributed by atoms with van der Waals surface area (Å²) < 4.78 is 5.39. The molecule has 0 fully saturated rings. The van der Waals surface area contributed by atoms with Gasteiger partial charge in [0.25, 0.3) is 0 Å².